The SMILES string of the molecule is COC(=O)CC(c1ccc(OC)c(OC2CCCC2)c1)N1C(=O)c2ccccc2C1=O. The van der Waals surface area contributed by atoms with Crippen LogP contribution in [0, 0.1) is 0 Å². The van der Waals surface area contributed by atoms with Crippen LogP contribution in [0.25, 0.3) is 0 Å². The van der Waals surface area contributed by atoms with Crippen molar-refractivity contribution in [1.82, 2.24) is 4.90 Å². The van der Waals surface area contributed by atoms with Crippen molar-refractivity contribution in [3.8, 4) is 11.5 Å². The van der Waals surface area contributed by atoms with E-state index in [0.717, 1.165) is 30.6 Å². The van der Waals surface area contributed by atoms with Gasteiger partial charge in [-0.25, -0.2) is 0 Å². The number of benzene rings is 2. The molecule has 1 aliphatic heterocycles. The van der Waals surface area contributed by atoms with Gasteiger partial charge in [0.1, 0.15) is 0 Å². The summed E-state index contributed by atoms with van der Waals surface area (Å²) in [4.78, 5) is 39.5. The summed E-state index contributed by atoms with van der Waals surface area (Å²) in [5.41, 5.74) is 1.27. The fourth-order valence-electron chi connectivity index (χ4n) is 4.27. The molecule has 162 valence electrons. The van der Waals surface area contributed by atoms with E-state index in [-0.39, 0.29) is 12.5 Å². The number of esters is 1. The third-order valence-electron chi connectivity index (χ3n) is 5.89. The molecule has 1 unspecified atom stereocenters. The molecule has 7 nitrogen and oxygen atoms in total. The molecule has 4 rings (SSSR count). The maximum Gasteiger partial charge on any atom is 0.307 e. The molecule has 1 saturated carbocycles. The van der Waals surface area contributed by atoms with Crippen LogP contribution in [0.3, 0.4) is 0 Å². The first-order valence-corrected chi connectivity index (χ1v) is 10.4. The number of nitrogens with zero attached hydrogens (tertiary/aromatic N) is 1. The van der Waals surface area contributed by atoms with E-state index in [2.05, 4.69) is 0 Å². The van der Waals surface area contributed by atoms with E-state index in [9.17, 15) is 14.4 Å². The molecular formula is C24H25NO6. The van der Waals surface area contributed by atoms with Crippen LogP contribution in [0.2, 0.25) is 0 Å². The second-order valence-corrected chi connectivity index (χ2v) is 7.76. The van der Waals surface area contributed by atoms with Gasteiger partial charge in [-0.1, -0.05) is 18.2 Å². The summed E-state index contributed by atoms with van der Waals surface area (Å²) in [5, 5.41) is 0. The average Bonchev–Trinajstić information content (AvgIpc) is 3.39. The highest BCUT2D eigenvalue weighted by Crippen LogP contribution is 2.38. The quantitative estimate of drug-likeness (QED) is 0.496. The molecule has 7 heteroatoms. The minimum absolute atomic E-state index is 0.0995. The standard InChI is InChI=1S/C24H25NO6/c1-29-20-12-11-15(13-21(20)31-16-7-3-4-8-16)19(14-22(26)30-2)25-23(27)17-9-5-6-10-18(17)24(25)28/h5-6,9-13,16,19H,3-4,7-8,14H2,1-2H3. The molecule has 0 radical (unpaired) electrons. The monoisotopic (exact) mass is 423 g/mol. The van der Waals surface area contributed by atoms with Gasteiger partial charge in [-0.3, -0.25) is 19.3 Å². The lowest BCUT2D eigenvalue weighted by molar-refractivity contribution is -0.141. The first kappa shape index (κ1) is 20.9. The van der Waals surface area contributed by atoms with Gasteiger partial charge in [0.25, 0.3) is 11.8 Å². The van der Waals surface area contributed by atoms with Crippen molar-refractivity contribution >= 4 is 17.8 Å². The molecule has 0 spiro atoms. The fraction of sp³-hybridized carbons (Fsp3) is 0.375. The maximum atomic E-state index is 13.1. The van der Waals surface area contributed by atoms with Gasteiger partial charge in [0.2, 0.25) is 0 Å². The Balaban J connectivity index is 1.72. The molecule has 1 heterocycles. The van der Waals surface area contributed by atoms with Crippen molar-refractivity contribution in [2.45, 2.75) is 44.2 Å². The van der Waals surface area contributed by atoms with Crippen LogP contribution < -0.4 is 9.47 Å². The Morgan fingerprint density at radius 3 is 2.23 bits per heavy atom. The molecular weight excluding hydrogens is 398 g/mol. The Morgan fingerprint density at radius 1 is 1.00 bits per heavy atom. The molecule has 2 aromatic carbocycles. The van der Waals surface area contributed by atoms with E-state index >= 15 is 0 Å². The zero-order chi connectivity index (χ0) is 22.0. The predicted octanol–water partition coefficient (Wildman–Crippen LogP) is 3.92. The Morgan fingerprint density at radius 2 is 1.65 bits per heavy atom. The number of carbonyl (C=O) groups is 3. The van der Waals surface area contributed by atoms with E-state index in [1.165, 1.54) is 7.11 Å². The number of carbonyl (C=O) groups excluding carboxylic acids is 3. The molecule has 2 aromatic rings. The molecule has 0 saturated heterocycles. The van der Waals surface area contributed by atoms with Crippen molar-refractivity contribution in [3.05, 3.63) is 59.2 Å². The Labute approximate surface area is 180 Å². The largest absolute Gasteiger partial charge is 0.493 e. The van der Waals surface area contributed by atoms with E-state index in [1.807, 2.05) is 0 Å². The maximum absolute atomic E-state index is 13.1. The number of hydrogen-bond acceptors (Lipinski definition) is 6. The highest BCUT2D eigenvalue weighted by Gasteiger charge is 2.41. The molecule has 0 bridgehead atoms. The lowest BCUT2D eigenvalue weighted by Crippen LogP contribution is -2.35. The van der Waals surface area contributed by atoms with Crippen molar-refractivity contribution in [3.63, 3.8) is 0 Å². The summed E-state index contributed by atoms with van der Waals surface area (Å²) in [6.07, 6.45) is 4.12. The summed E-state index contributed by atoms with van der Waals surface area (Å²) in [6.45, 7) is 0. The van der Waals surface area contributed by atoms with Crippen molar-refractivity contribution in [2.24, 2.45) is 0 Å². The second kappa shape index (κ2) is 8.79. The third-order valence-corrected chi connectivity index (χ3v) is 5.89. The minimum Gasteiger partial charge on any atom is -0.493 e. The predicted molar refractivity (Wildman–Crippen MR) is 112 cm³/mol. The van der Waals surface area contributed by atoms with Gasteiger partial charge in [-0.05, 0) is 55.5 Å². The zero-order valence-corrected chi connectivity index (χ0v) is 17.6. The molecule has 2 aliphatic rings. The van der Waals surface area contributed by atoms with Crippen molar-refractivity contribution in [2.75, 3.05) is 14.2 Å². The first-order chi connectivity index (χ1) is 15.0. The van der Waals surface area contributed by atoms with Gasteiger partial charge in [0.15, 0.2) is 11.5 Å². The van der Waals surface area contributed by atoms with Gasteiger partial charge in [-0.15, -0.1) is 0 Å². The number of imide groups is 1. The molecule has 1 fully saturated rings. The van der Waals surface area contributed by atoms with Gasteiger partial charge >= 0.3 is 5.97 Å². The fourth-order valence-corrected chi connectivity index (χ4v) is 4.27. The van der Waals surface area contributed by atoms with Crippen LogP contribution in [-0.4, -0.2) is 43.0 Å². The summed E-state index contributed by atoms with van der Waals surface area (Å²) < 4.78 is 16.5. The van der Waals surface area contributed by atoms with Crippen LogP contribution in [0.4, 0.5) is 0 Å². The van der Waals surface area contributed by atoms with Crippen LogP contribution in [0.5, 0.6) is 11.5 Å². The van der Waals surface area contributed by atoms with Crippen LogP contribution in [-0.2, 0) is 9.53 Å². The van der Waals surface area contributed by atoms with Crippen LogP contribution in [0.15, 0.2) is 42.5 Å². The second-order valence-electron chi connectivity index (χ2n) is 7.76. The highest BCUT2D eigenvalue weighted by molar-refractivity contribution is 6.21. The van der Waals surface area contributed by atoms with Gasteiger partial charge in [0, 0.05) is 0 Å². The van der Waals surface area contributed by atoms with E-state index in [4.69, 9.17) is 14.2 Å². The Hall–Kier alpha value is -3.35. The topological polar surface area (TPSA) is 82.1 Å². The van der Waals surface area contributed by atoms with Crippen LogP contribution >= 0.6 is 0 Å². The third kappa shape index (κ3) is 4.00. The number of fused-ring (bicyclic) bond motifs is 1. The number of amides is 2. The van der Waals surface area contributed by atoms with Crippen molar-refractivity contribution in [1.29, 1.82) is 0 Å². The van der Waals surface area contributed by atoms with E-state index in [1.54, 1.807) is 49.6 Å². The number of hydrogen-bond donors (Lipinski definition) is 0. The smallest absolute Gasteiger partial charge is 0.307 e. The summed E-state index contributed by atoms with van der Waals surface area (Å²) in [7, 11) is 2.84. The molecule has 0 N–H and O–H groups in total. The van der Waals surface area contributed by atoms with Crippen LogP contribution in [0.1, 0.15) is 64.4 Å². The zero-order valence-electron chi connectivity index (χ0n) is 17.6. The highest BCUT2D eigenvalue weighted by atomic mass is 16.5. The summed E-state index contributed by atoms with van der Waals surface area (Å²) in [5.74, 6) is -0.268. The normalized spacial score (nSPS) is 16.9. The first-order valence-electron chi connectivity index (χ1n) is 10.4. The number of methoxy groups -OCH3 is 2. The summed E-state index contributed by atoms with van der Waals surface area (Å²) >= 11 is 0. The van der Waals surface area contributed by atoms with Crippen molar-refractivity contribution < 1.29 is 28.6 Å². The van der Waals surface area contributed by atoms with Gasteiger partial charge in [-0.2, -0.15) is 0 Å². The molecule has 0 aromatic heterocycles. The van der Waals surface area contributed by atoms with E-state index in [0.29, 0.717) is 28.2 Å². The molecule has 31 heavy (non-hydrogen) atoms. The number of rotatable bonds is 7. The Bertz CT molecular complexity index is 976. The minimum atomic E-state index is -0.823. The van der Waals surface area contributed by atoms with E-state index < -0.39 is 23.8 Å². The summed E-state index contributed by atoms with van der Waals surface area (Å²) in [6, 6.07) is 11.1. The molecule has 1 aliphatic carbocycles. The number of ether oxygens (including phenoxy) is 3. The molecule has 1 atom stereocenters. The van der Waals surface area contributed by atoms with Gasteiger partial charge < -0.3 is 14.2 Å². The Kier molecular flexibility index (Phi) is 5.93. The van der Waals surface area contributed by atoms with Gasteiger partial charge in [0.05, 0.1) is 43.9 Å². The lowest BCUT2D eigenvalue weighted by Gasteiger charge is -2.27. The molecule has 2 amide bonds. The average molecular weight is 423 g/mol. The lowest BCUT2D eigenvalue weighted by atomic mass is 10.0.